The van der Waals surface area contributed by atoms with Gasteiger partial charge in [-0.15, -0.1) is 5.10 Å². The lowest BCUT2D eigenvalue weighted by atomic mass is 9.95. The number of amides is 1. The van der Waals surface area contributed by atoms with Gasteiger partial charge in [-0.25, -0.2) is 14.1 Å². The van der Waals surface area contributed by atoms with Gasteiger partial charge in [-0.2, -0.15) is 0 Å². The van der Waals surface area contributed by atoms with Crippen molar-refractivity contribution in [1.29, 1.82) is 0 Å². The minimum absolute atomic E-state index is 0.0971. The van der Waals surface area contributed by atoms with Gasteiger partial charge in [0.25, 0.3) is 5.91 Å². The van der Waals surface area contributed by atoms with E-state index in [2.05, 4.69) is 15.4 Å². The molecule has 1 heterocycles. The summed E-state index contributed by atoms with van der Waals surface area (Å²) in [5.41, 5.74) is 1.38. The fraction of sp³-hybridized carbons (Fsp3) is 0.286. The maximum Gasteiger partial charge on any atom is 0.291 e. The molecule has 0 radical (unpaired) electrons. The molecule has 4 rings (SSSR count). The number of carbonyl (C=O) groups excluding carboxylic acids is 1. The molecule has 0 atom stereocenters. The highest BCUT2D eigenvalue weighted by Gasteiger charge is 2.22. The van der Waals surface area contributed by atoms with E-state index < -0.39 is 0 Å². The Morgan fingerprint density at radius 1 is 1.04 bits per heavy atom. The summed E-state index contributed by atoms with van der Waals surface area (Å²) in [6.45, 7) is 0. The Morgan fingerprint density at radius 3 is 2.39 bits per heavy atom. The molecule has 7 heteroatoms. The van der Waals surface area contributed by atoms with Crippen LogP contribution < -0.4 is 5.32 Å². The Kier molecular flexibility index (Phi) is 5.39. The van der Waals surface area contributed by atoms with Gasteiger partial charge in [0.05, 0.1) is 5.69 Å². The Morgan fingerprint density at radius 2 is 1.71 bits per heavy atom. The molecule has 0 unspecified atom stereocenters. The van der Waals surface area contributed by atoms with Crippen molar-refractivity contribution in [2.75, 3.05) is 0 Å². The van der Waals surface area contributed by atoms with Crippen LogP contribution in [0.15, 0.2) is 48.5 Å². The number of hydrogen-bond acceptors (Lipinski definition) is 3. The van der Waals surface area contributed by atoms with E-state index in [4.69, 9.17) is 11.6 Å². The number of nitrogens with one attached hydrogen (secondary N) is 1. The lowest BCUT2D eigenvalue weighted by Gasteiger charge is -2.21. The zero-order chi connectivity index (χ0) is 19.5. The summed E-state index contributed by atoms with van der Waals surface area (Å²) in [7, 11) is 0. The van der Waals surface area contributed by atoms with Crippen LogP contribution in [0.1, 0.15) is 42.7 Å². The van der Waals surface area contributed by atoms with Crippen molar-refractivity contribution in [3.05, 3.63) is 65.2 Å². The number of nitrogens with zero attached hydrogens (tertiary/aromatic N) is 3. The average Bonchev–Trinajstić information content (AvgIpc) is 3.15. The molecule has 0 saturated heterocycles. The van der Waals surface area contributed by atoms with Crippen LogP contribution in [0.2, 0.25) is 5.02 Å². The second-order valence-electron chi connectivity index (χ2n) is 6.96. The summed E-state index contributed by atoms with van der Waals surface area (Å²) in [6, 6.07) is 13.2. The molecule has 1 aliphatic rings. The van der Waals surface area contributed by atoms with Crippen molar-refractivity contribution in [3.63, 3.8) is 0 Å². The highest BCUT2D eigenvalue weighted by Crippen LogP contribution is 2.23. The van der Waals surface area contributed by atoms with Crippen LogP contribution in [-0.4, -0.2) is 26.7 Å². The van der Waals surface area contributed by atoms with Gasteiger partial charge in [0.15, 0.2) is 5.82 Å². The first-order valence-electron chi connectivity index (χ1n) is 9.40. The summed E-state index contributed by atoms with van der Waals surface area (Å²) in [5, 5.41) is 8.07. The molecule has 1 fully saturated rings. The highest BCUT2D eigenvalue weighted by molar-refractivity contribution is 6.30. The van der Waals surface area contributed by atoms with Crippen LogP contribution in [0.5, 0.6) is 0 Å². The van der Waals surface area contributed by atoms with Gasteiger partial charge in [0.2, 0.25) is 5.82 Å². The molecule has 0 bridgehead atoms. The molecular formula is C21H20ClFN4O. The smallest absolute Gasteiger partial charge is 0.291 e. The van der Waals surface area contributed by atoms with E-state index in [-0.39, 0.29) is 23.6 Å². The van der Waals surface area contributed by atoms with Crippen molar-refractivity contribution in [1.82, 2.24) is 20.1 Å². The summed E-state index contributed by atoms with van der Waals surface area (Å²) < 4.78 is 14.9. The van der Waals surface area contributed by atoms with Gasteiger partial charge in [-0.3, -0.25) is 4.79 Å². The van der Waals surface area contributed by atoms with E-state index in [1.165, 1.54) is 18.6 Å². The van der Waals surface area contributed by atoms with Crippen molar-refractivity contribution in [2.45, 2.75) is 38.1 Å². The fourth-order valence-electron chi connectivity index (χ4n) is 3.45. The van der Waals surface area contributed by atoms with Gasteiger partial charge in [-0.1, -0.05) is 30.9 Å². The first kappa shape index (κ1) is 18.6. The third kappa shape index (κ3) is 4.07. The molecule has 2 aromatic carbocycles. The fourth-order valence-corrected chi connectivity index (χ4v) is 3.58. The van der Waals surface area contributed by atoms with E-state index in [1.54, 1.807) is 41.1 Å². The van der Waals surface area contributed by atoms with Crippen LogP contribution in [0.4, 0.5) is 4.39 Å². The SMILES string of the molecule is O=C(NC1CCCCC1)c1nc(-c2ccc(F)cc2)n(-c2ccc(Cl)cc2)n1. The van der Waals surface area contributed by atoms with Crippen LogP contribution in [-0.2, 0) is 0 Å². The minimum atomic E-state index is -0.337. The van der Waals surface area contributed by atoms with Gasteiger partial charge in [-0.05, 0) is 61.4 Å². The molecule has 1 N–H and O–H groups in total. The molecular weight excluding hydrogens is 379 g/mol. The molecule has 1 aromatic heterocycles. The largest absolute Gasteiger partial charge is 0.347 e. The molecule has 1 amide bonds. The van der Waals surface area contributed by atoms with Crippen LogP contribution in [0, 0.1) is 5.82 Å². The lowest BCUT2D eigenvalue weighted by Crippen LogP contribution is -2.36. The molecule has 1 saturated carbocycles. The van der Waals surface area contributed by atoms with E-state index >= 15 is 0 Å². The summed E-state index contributed by atoms with van der Waals surface area (Å²) >= 11 is 5.99. The molecule has 144 valence electrons. The van der Waals surface area contributed by atoms with E-state index in [1.807, 2.05) is 0 Å². The summed E-state index contributed by atoms with van der Waals surface area (Å²) in [5.74, 6) is -0.0597. The van der Waals surface area contributed by atoms with Crippen molar-refractivity contribution in [3.8, 4) is 17.1 Å². The van der Waals surface area contributed by atoms with Gasteiger partial charge < -0.3 is 5.32 Å². The Labute approximate surface area is 167 Å². The predicted octanol–water partition coefficient (Wildman–Crippen LogP) is 4.79. The van der Waals surface area contributed by atoms with Crippen LogP contribution in [0.3, 0.4) is 0 Å². The molecule has 0 spiro atoms. The molecule has 1 aliphatic carbocycles. The van der Waals surface area contributed by atoms with E-state index in [0.29, 0.717) is 22.1 Å². The monoisotopic (exact) mass is 398 g/mol. The number of benzene rings is 2. The summed E-state index contributed by atoms with van der Waals surface area (Å²) in [6.07, 6.45) is 5.42. The normalized spacial score (nSPS) is 14.8. The zero-order valence-electron chi connectivity index (χ0n) is 15.2. The Balaban J connectivity index is 1.69. The third-order valence-corrected chi connectivity index (χ3v) is 5.18. The molecule has 28 heavy (non-hydrogen) atoms. The number of hydrogen-bond donors (Lipinski definition) is 1. The second kappa shape index (κ2) is 8.10. The standard InChI is InChI=1S/C21H20ClFN4O/c22-15-8-12-18(13-9-15)27-20(14-6-10-16(23)11-7-14)25-19(26-27)21(28)24-17-4-2-1-3-5-17/h6-13,17H,1-5H2,(H,24,28). The van der Waals surface area contributed by atoms with Gasteiger partial charge >= 0.3 is 0 Å². The zero-order valence-corrected chi connectivity index (χ0v) is 16.0. The first-order chi connectivity index (χ1) is 13.6. The third-order valence-electron chi connectivity index (χ3n) is 4.92. The van der Waals surface area contributed by atoms with E-state index in [0.717, 1.165) is 25.7 Å². The number of aromatic nitrogens is 3. The number of rotatable bonds is 4. The average molecular weight is 399 g/mol. The van der Waals surface area contributed by atoms with Crippen molar-refractivity contribution >= 4 is 17.5 Å². The second-order valence-corrected chi connectivity index (χ2v) is 7.40. The predicted molar refractivity (Wildman–Crippen MR) is 106 cm³/mol. The molecule has 5 nitrogen and oxygen atoms in total. The summed E-state index contributed by atoms with van der Waals surface area (Å²) in [4.78, 5) is 17.2. The maximum absolute atomic E-state index is 13.3. The topological polar surface area (TPSA) is 59.8 Å². The van der Waals surface area contributed by atoms with Crippen LogP contribution in [0.25, 0.3) is 17.1 Å². The quantitative estimate of drug-likeness (QED) is 0.687. The molecule has 3 aromatic rings. The van der Waals surface area contributed by atoms with Gasteiger partial charge in [0, 0.05) is 16.6 Å². The van der Waals surface area contributed by atoms with Crippen molar-refractivity contribution in [2.24, 2.45) is 0 Å². The number of halogens is 2. The van der Waals surface area contributed by atoms with Crippen LogP contribution >= 0.6 is 11.6 Å². The minimum Gasteiger partial charge on any atom is -0.347 e. The first-order valence-corrected chi connectivity index (χ1v) is 9.78. The number of carbonyl (C=O) groups is 1. The Hall–Kier alpha value is -2.73. The highest BCUT2D eigenvalue weighted by atomic mass is 35.5. The Bertz CT molecular complexity index is 900. The van der Waals surface area contributed by atoms with E-state index in [9.17, 15) is 9.18 Å². The van der Waals surface area contributed by atoms with Gasteiger partial charge in [0.1, 0.15) is 5.82 Å². The maximum atomic E-state index is 13.3. The molecule has 0 aliphatic heterocycles. The lowest BCUT2D eigenvalue weighted by molar-refractivity contribution is 0.0917. The van der Waals surface area contributed by atoms with Crippen molar-refractivity contribution < 1.29 is 9.18 Å².